The maximum absolute atomic E-state index is 12.9. The molecule has 1 atom stereocenters. The number of aromatic nitrogens is 2. The van der Waals surface area contributed by atoms with Crippen LogP contribution in [0.3, 0.4) is 0 Å². The predicted molar refractivity (Wildman–Crippen MR) is 113 cm³/mol. The standard InChI is InChI=1S/C23H24N4O2/c24-21(28)16-18-10-4-6-14-26(18)22(29)13-12-19-20-11-5-7-15-27(20)25-23(19)17-8-2-1-3-9-17/h1-3,5,7-9,11-13,15,18H,4,6,10,14,16H2,(H2,24,28)/t18-/m1/s1. The van der Waals surface area contributed by atoms with Crippen molar-refractivity contribution in [2.45, 2.75) is 31.7 Å². The van der Waals surface area contributed by atoms with Gasteiger partial charge in [-0.15, -0.1) is 0 Å². The molecule has 3 aromatic rings. The van der Waals surface area contributed by atoms with Crippen molar-refractivity contribution < 1.29 is 9.59 Å². The molecule has 2 aromatic heterocycles. The molecule has 6 nitrogen and oxygen atoms in total. The second kappa shape index (κ2) is 8.31. The Balaban J connectivity index is 1.67. The van der Waals surface area contributed by atoms with Gasteiger partial charge in [0.25, 0.3) is 0 Å². The fourth-order valence-electron chi connectivity index (χ4n) is 3.98. The number of pyridine rings is 1. The van der Waals surface area contributed by atoms with Crippen molar-refractivity contribution >= 4 is 23.4 Å². The quantitative estimate of drug-likeness (QED) is 0.681. The van der Waals surface area contributed by atoms with E-state index in [9.17, 15) is 9.59 Å². The Morgan fingerprint density at radius 2 is 1.90 bits per heavy atom. The molecule has 148 valence electrons. The first-order valence-electron chi connectivity index (χ1n) is 9.93. The molecule has 0 saturated carbocycles. The molecule has 1 fully saturated rings. The minimum atomic E-state index is -0.368. The van der Waals surface area contributed by atoms with Crippen LogP contribution in [0.15, 0.2) is 60.8 Å². The molecule has 1 aliphatic rings. The van der Waals surface area contributed by atoms with Crippen LogP contribution in [0.25, 0.3) is 22.9 Å². The zero-order valence-electron chi connectivity index (χ0n) is 16.2. The number of rotatable bonds is 5. The molecule has 1 aliphatic heterocycles. The molecule has 1 saturated heterocycles. The molecule has 29 heavy (non-hydrogen) atoms. The summed E-state index contributed by atoms with van der Waals surface area (Å²) in [4.78, 5) is 26.1. The number of piperidine rings is 1. The van der Waals surface area contributed by atoms with E-state index in [-0.39, 0.29) is 24.3 Å². The van der Waals surface area contributed by atoms with Crippen LogP contribution in [0.4, 0.5) is 0 Å². The normalized spacial score (nSPS) is 17.1. The maximum Gasteiger partial charge on any atom is 0.246 e. The fraction of sp³-hybridized carbons (Fsp3) is 0.261. The monoisotopic (exact) mass is 388 g/mol. The Bertz CT molecular complexity index is 1060. The van der Waals surface area contributed by atoms with Gasteiger partial charge in [-0.2, -0.15) is 5.10 Å². The van der Waals surface area contributed by atoms with E-state index in [0.717, 1.165) is 41.6 Å². The van der Waals surface area contributed by atoms with Crippen molar-refractivity contribution in [1.82, 2.24) is 14.5 Å². The molecule has 2 amide bonds. The smallest absolute Gasteiger partial charge is 0.246 e. The van der Waals surface area contributed by atoms with Crippen LogP contribution < -0.4 is 5.73 Å². The lowest BCUT2D eigenvalue weighted by Crippen LogP contribution is -2.44. The Labute approximate surface area is 169 Å². The summed E-state index contributed by atoms with van der Waals surface area (Å²) < 4.78 is 1.82. The van der Waals surface area contributed by atoms with Gasteiger partial charge in [0.1, 0.15) is 5.69 Å². The molecule has 6 heteroatoms. The Kier molecular flexibility index (Phi) is 5.42. The van der Waals surface area contributed by atoms with Gasteiger partial charge in [-0.25, -0.2) is 4.52 Å². The molecule has 2 N–H and O–H groups in total. The summed E-state index contributed by atoms with van der Waals surface area (Å²) in [5.41, 5.74) is 9.03. The molecule has 0 radical (unpaired) electrons. The lowest BCUT2D eigenvalue weighted by Gasteiger charge is -2.34. The number of carbonyl (C=O) groups is 2. The first-order valence-corrected chi connectivity index (χ1v) is 9.93. The molecule has 0 unspecified atom stereocenters. The van der Waals surface area contributed by atoms with Gasteiger partial charge < -0.3 is 10.6 Å². The molecule has 1 aromatic carbocycles. The van der Waals surface area contributed by atoms with Gasteiger partial charge in [-0.1, -0.05) is 36.4 Å². The number of nitrogens with zero attached hydrogens (tertiary/aromatic N) is 3. The SMILES string of the molecule is NC(=O)C[C@H]1CCCCN1C(=O)C=Cc1c(-c2ccccc2)nn2ccccc12. The summed E-state index contributed by atoms with van der Waals surface area (Å²) in [7, 11) is 0. The van der Waals surface area contributed by atoms with Crippen molar-refractivity contribution in [3.8, 4) is 11.3 Å². The maximum atomic E-state index is 12.9. The summed E-state index contributed by atoms with van der Waals surface area (Å²) in [5, 5.41) is 4.71. The number of hydrogen-bond acceptors (Lipinski definition) is 3. The Hall–Kier alpha value is -3.41. The van der Waals surface area contributed by atoms with Crippen LogP contribution in [0.2, 0.25) is 0 Å². The number of hydrogen-bond donors (Lipinski definition) is 1. The average Bonchev–Trinajstić information content (AvgIpc) is 3.11. The van der Waals surface area contributed by atoms with E-state index >= 15 is 0 Å². The third-order valence-corrected chi connectivity index (χ3v) is 5.36. The molecular weight excluding hydrogens is 364 g/mol. The third kappa shape index (κ3) is 4.06. The van der Waals surface area contributed by atoms with Gasteiger partial charge in [0.05, 0.1) is 5.52 Å². The van der Waals surface area contributed by atoms with Crippen molar-refractivity contribution in [1.29, 1.82) is 0 Å². The first kappa shape index (κ1) is 18.9. The van der Waals surface area contributed by atoms with Gasteiger partial charge in [-0.05, 0) is 37.5 Å². The summed E-state index contributed by atoms with van der Waals surface area (Å²) in [6.45, 7) is 0.654. The first-order chi connectivity index (χ1) is 14.1. The van der Waals surface area contributed by atoms with E-state index in [0.29, 0.717) is 6.54 Å². The number of likely N-dealkylation sites (tertiary alicyclic amines) is 1. The summed E-state index contributed by atoms with van der Waals surface area (Å²) >= 11 is 0. The highest BCUT2D eigenvalue weighted by atomic mass is 16.2. The second-order valence-electron chi connectivity index (χ2n) is 7.34. The lowest BCUT2D eigenvalue weighted by molar-refractivity contribution is -0.130. The van der Waals surface area contributed by atoms with E-state index in [1.807, 2.05) is 65.3 Å². The molecule has 4 rings (SSSR count). The van der Waals surface area contributed by atoms with Gasteiger partial charge >= 0.3 is 0 Å². The average molecular weight is 388 g/mol. The van der Waals surface area contributed by atoms with Gasteiger partial charge in [0.15, 0.2) is 0 Å². The predicted octanol–water partition coefficient (Wildman–Crippen LogP) is 3.27. The number of primary amides is 1. The molecule has 0 spiro atoms. The van der Waals surface area contributed by atoms with E-state index in [1.54, 1.807) is 11.0 Å². The second-order valence-corrected chi connectivity index (χ2v) is 7.34. The van der Waals surface area contributed by atoms with Crippen molar-refractivity contribution in [2.75, 3.05) is 6.54 Å². The number of carbonyl (C=O) groups excluding carboxylic acids is 2. The van der Waals surface area contributed by atoms with E-state index < -0.39 is 0 Å². The molecule has 3 heterocycles. The highest BCUT2D eigenvalue weighted by Gasteiger charge is 2.26. The Morgan fingerprint density at radius 3 is 2.69 bits per heavy atom. The minimum Gasteiger partial charge on any atom is -0.370 e. The molecular formula is C23H24N4O2. The topological polar surface area (TPSA) is 80.7 Å². The van der Waals surface area contributed by atoms with Gasteiger partial charge in [0.2, 0.25) is 11.8 Å². The van der Waals surface area contributed by atoms with Crippen LogP contribution in [-0.2, 0) is 9.59 Å². The number of nitrogens with two attached hydrogens (primary N) is 1. The van der Waals surface area contributed by atoms with E-state index in [1.165, 1.54) is 0 Å². The van der Waals surface area contributed by atoms with Gasteiger partial charge in [0, 0.05) is 42.4 Å². The zero-order chi connectivity index (χ0) is 20.2. The van der Waals surface area contributed by atoms with Crippen LogP contribution >= 0.6 is 0 Å². The van der Waals surface area contributed by atoms with E-state index in [4.69, 9.17) is 10.8 Å². The number of amides is 2. The van der Waals surface area contributed by atoms with Crippen LogP contribution in [0.1, 0.15) is 31.2 Å². The fourth-order valence-corrected chi connectivity index (χ4v) is 3.98. The van der Waals surface area contributed by atoms with E-state index in [2.05, 4.69) is 0 Å². The zero-order valence-corrected chi connectivity index (χ0v) is 16.2. The largest absolute Gasteiger partial charge is 0.370 e. The van der Waals surface area contributed by atoms with Crippen LogP contribution in [0, 0.1) is 0 Å². The molecule has 0 aliphatic carbocycles. The highest BCUT2D eigenvalue weighted by Crippen LogP contribution is 2.28. The summed E-state index contributed by atoms with van der Waals surface area (Å²) in [6, 6.07) is 15.7. The lowest BCUT2D eigenvalue weighted by atomic mass is 9.98. The van der Waals surface area contributed by atoms with Crippen LogP contribution in [-0.4, -0.2) is 38.9 Å². The number of fused-ring (bicyclic) bond motifs is 1. The Morgan fingerprint density at radius 1 is 1.10 bits per heavy atom. The van der Waals surface area contributed by atoms with Gasteiger partial charge in [-0.3, -0.25) is 9.59 Å². The van der Waals surface area contributed by atoms with Crippen molar-refractivity contribution in [3.05, 3.63) is 66.4 Å². The minimum absolute atomic E-state index is 0.0924. The van der Waals surface area contributed by atoms with Crippen molar-refractivity contribution in [2.24, 2.45) is 5.73 Å². The molecule has 0 bridgehead atoms. The van der Waals surface area contributed by atoms with Crippen molar-refractivity contribution in [3.63, 3.8) is 0 Å². The highest BCUT2D eigenvalue weighted by molar-refractivity contribution is 5.95. The number of benzene rings is 1. The summed E-state index contributed by atoms with van der Waals surface area (Å²) in [6.07, 6.45) is 8.31. The van der Waals surface area contributed by atoms with Crippen LogP contribution in [0.5, 0.6) is 0 Å². The summed E-state index contributed by atoms with van der Waals surface area (Å²) in [5.74, 6) is -0.460. The third-order valence-electron chi connectivity index (χ3n) is 5.36.